The molecule has 0 aliphatic carbocycles. The van der Waals surface area contributed by atoms with E-state index in [0.717, 1.165) is 19.4 Å². The molecule has 0 spiro atoms. The summed E-state index contributed by atoms with van der Waals surface area (Å²) in [6.07, 6.45) is 1.98. The Balaban J connectivity index is 0.00000128. The lowest BCUT2D eigenvalue weighted by Crippen LogP contribution is -2.45. The molecule has 0 radical (unpaired) electrons. The second-order valence-corrected chi connectivity index (χ2v) is 5.07. The Labute approximate surface area is 110 Å². The zero-order chi connectivity index (χ0) is 10.8. The quantitative estimate of drug-likeness (QED) is 0.859. The number of hydrogen-bond acceptors (Lipinski definition) is 3. The van der Waals surface area contributed by atoms with E-state index < -0.39 is 0 Å². The molecule has 1 fully saturated rings. The lowest BCUT2D eigenvalue weighted by atomic mass is 10.1. The van der Waals surface area contributed by atoms with E-state index in [2.05, 4.69) is 0 Å². The van der Waals surface area contributed by atoms with E-state index in [4.69, 9.17) is 17.3 Å². The van der Waals surface area contributed by atoms with Gasteiger partial charge >= 0.3 is 0 Å². The van der Waals surface area contributed by atoms with Crippen LogP contribution in [0.15, 0.2) is 11.4 Å². The van der Waals surface area contributed by atoms with Crippen LogP contribution in [0.25, 0.3) is 0 Å². The number of hydrogen-bond donors (Lipinski definition) is 1. The topological polar surface area (TPSA) is 46.3 Å². The maximum Gasteiger partial charge on any atom is 0.265 e. The van der Waals surface area contributed by atoms with E-state index in [1.165, 1.54) is 11.3 Å². The van der Waals surface area contributed by atoms with E-state index in [-0.39, 0.29) is 24.4 Å². The number of nitrogens with zero attached hydrogens (tertiary/aromatic N) is 1. The third kappa shape index (κ3) is 2.88. The number of nitrogens with two attached hydrogens (primary N) is 1. The normalized spacial score (nSPS) is 20.4. The molecule has 1 amide bonds. The highest BCUT2D eigenvalue weighted by Gasteiger charge is 2.24. The van der Waals surface area contributed by atoms with Crippen molar-refractivity contribution in [1.82, 2.24) is 4.90 Å². The van der Waals surface area contributed by atoms with Crippen molar-refractivity contribution in [3.05, 3.63) is 21.3 Å². The third-order valence-electron chi connectivity index (χ3n) is 2.56. The number of amides is 1. The number of thiophene rings is 1. The number of carbonyl (C=O) groups is 1. The van der Waals surface area contributed by atoms with Gasteiger partial charge < -0.3 is 10.6 Å². The fourth-order valence-corrected chi connectivity index (χ4v) is 2.89. The highest BCUT2D eigenvalue weighted by molar-refractivity contribution is 7.12. The van der Waals surface area contributed by atoms with Gasteiger partial charge in [-0.3, -0.25) is 4.79 Å². The molecule has 1 aromatic heterocycles. The van der Waals surface area contributed by atoms with Crippen LogP contribution >= 0.6 is 35.3 Å². The number of piperidine rings is 1. The second-order valence-electron chi connectivity index (χ2n) is 3.75. The van der Waals surface area contributed by atoms with Gasteiger partial charge in [-0.05, 0) is 24.3 Å². The van der Waals surface area contributed by atoms with Gasteiger partial charge in [-0.1, -0.05) is 11.6 Å². The van der Waals surface area contributed by atoms with Crippen LogP contribution in [0.4, 0.5) is 0 Å². The predicted molar refractivity (Wildman–Crippen MR) is 69.7 cm³/mol. The molecule has 16 heavy (non-hydrogen) atoms. The highest BCUT2D eigenvalue weighted by Crippen LogP contribution is 2.24. The average Bonchev–Trinajstić information content (AvgIpc) is 2.63. The second kappa shape index (κ2) is 5.87. The molecule has 0 bridgehead atoms. The predicted octanol–water partition coefficient (Wildman–Crippen LogP) is 2.39. The minimum absolute atomic E-state index is 0. The van der Waals surface area contributed by atoms with E-state index in [1.807, 2.05) is 5.38 Å². The number of halogens is 2. The fourth-order valence-electron chi connectivity index (χ4n) is 1.78. The fraction of sp³-hybridized carbons (Fsp3) is 0.500. The number of carbonyl (C=O) groups excluding carboxylic acids is 1. The van der Waals surface area contributed by atoms with E-state index in [0.29, 0.717) is 16.4 Å². The summed E-state index contributed by atoms with van der Waals surface area (Å²) < 4.78 is 0. The summed E-state index contributed by atoms with van der Waals surface area (Å²) in [5.74, 6) is 0.0187. The summed E-state index contributed by atoms with van der Waals surface area (Å²) in [5.41, 5.74) is 5.83. The van der Waals surface area contributed by atoms with Gasteiger partial charge in [0.15, 0.2) is 0 Å². The molecule has 1 aliphatic rings. The first-order valence-electron chi connectivity index (χ1n) is 4.96. The van der Waals surface area contributed by atoms with Crippen molar-refractivity contribution < 1.29 is 4.79 Å². The largest absolute Gasteiger partial charge is 0.336 e. The van der Waals surface area contributed by atoms with Crippen LogP contribution in [0.2, 0.25) is 5.02 Å². The van der Waals surface area contributed by atoms with Gasteiger partial charge in [0.1, 0.15) is 4.88 Å². The Bertz CT molecular complexity index is 369. The first kappa shape index (κ1) is 13.8. The summed E-state index contributed by atoms with van der Waals surface area (Å²) in [7, 11) is 0. The minimum atomic E-state index is 0. The molecule has 0 unspecified atom stereocenters. The van der Waals surface area contributed by atoms with Crippen molar-refractivity contribution in [2.45, 2.75) is 18.9 Å². The number of rotatable bonds is 1. The van der Waals surface area contributed by atoms with Crippen molar-refractivity contribution in [2.24, 2.45) is 5.73 Å². The molecular formula is C10H14Cl2N2OS. The highest BCUT2D eigenvalue weighted by atomic mass is 35.5. The van der Waals surface area contributed by atoms with E-state index >= 15 is 0 Å². The summed E-state index contributed by atoms with van der Waals surface area (Å²) in [5, 5.41) is 2.38. The van der Waals surface area contributed by atoms with E-state index in [1.54, 1.807) is 11.0 Å². The standard InChI is InChI=1S/C10H13ClN2OS.ClH/c11-8-3-5-15-9(8)10(14)13-4-1-2-7(12)6-13;/h3,5,7H,1-2,4,6,12H2;1H/t7-;/m1./s1. The molecule has 1 aliphatic heterocycles. The van der Waals surface area contributed by atoms with Crippen molar-refractivity contribution in [1.29, 1.82) is 0 Å². The Hall–Kier alpha value is -0.290. The average molecular weight is 281 g/mol. The smallest absolute Gasteiger partial charge is 0.265 e. The lowest BCUT2D eigenvalue weighted by Gasteiger charge is -2.30. The van der Waals surface area contributed by atoms with Gasteiger partial charge in [0, 0.05) is 19.1 Å². The van der Waals surface area contributed by atoms with Crippen LogP contribution in [0, 0.1) is 0 Å². The zero-order valence-corrected chi connectivity index (χ0v) is 11.1. The van der Waals surface area contributed by atoms with Crippen LogP contribution in [0.5, 0.6) is 0 Å². The van der Waals surface area contributed by atoms with Crippen molar-refractivity contribution in [3.8, 4) is 0 Å². The Kier molecular flexibility index (Phi) is 5.05. The molecule has 1 atom stereocenters. The van der Waals surface area contributed by atoms with Gasteiger partial charge in [-0.15, -0.1) is 23.7 Å². The molecule has 1 saturated heterocycles. The van der Waals surface area contributed by atoms with Gasteiger partial charge in [-0.2, -0.15) is 0 Å². The first-order chi connectivity index (χ1) is 7.18. The minimum Gasteiger partial charge on any atom is -0.336 e. The molecule has 2 heterocycles. The Morgan fingerprint density at radius 3 is 2.94 bits per heavy atom. The molecule has 90 valence electrons. The van der Waals surface area contributed by atoms with Crippen molar-refractivity contribution in [3.63, 3.8) is 0 Å². The van der Waals surface area contributed by atoms with Gasteiger partial charge in [0.25, 0.3) is 5.91 Å². The maximum absolute atomic E-state index is 12.0. The van der Waals surface area contributed by atoms with Gasteiger partial charge in [0.2, 0.25) is 0 Å². The first-order valence-corrected chi connectivity index (χ1v) is 6.22. The molecule has 0 aromatic carbocycles. The van der Waals surface area contributed by atoms with Gasteiger partial charge in [0.05, 0.1) is 5.02 Å². The van der Waals surface area contributed by atoms with Crippen LogP contribution < -0.4 is 5.73 Å². The molecule has 2 N–H and O–H groups in total. The summed E-state index contributed by atoms with van der Waals surface area (Å²) in [6, 6.07) is 1.87. The van der Waals surface area contributed by atoms with Crippen LogP contribution in [-0.4, -0.2) is 29.9 Å². The summed E-state index contributed by atoms with van der Waals surface area (Å²) in [6.45, 7) is 1.44. The zero-order valence-electron chi connectivity index (χ0n) is 8.69. The summed E-state index contributed by atoms with van der Waals surface area (Å²) >= 11 is 7.31. The SMILES string of the molecule is Cl.N[C@@H]1CCCN(C(=O)c2sccc2Cl)C1. The Morgan fingerprint density at radius 1 is 1.62 bits per heavy atom. The monoisotopic (exact) mass is 280 g/mol. The molecule has 1 aromatic rings. The van der Waals surface area contributed by atoms with E-state index in [9.17, 15) is 4.79 Å². The van der Waals surface area contributed by atoms with Gasteiger partial charge in [-0.25, -0.2) is 0 Å². The number of likely N-dealkylation sites (tertiary alicyclic amines) is 1. The van der Waals surface area contributed by atoms with Crippen LogP contribution in [-0.2, 0) is 0 Å². The van der Waals surface area contributed by atoms with Crippen molar-refractivity contribution >= 4 is 41.3 Å². The summed E-state index contributed by atoms with van der Waals surface area (Å²) in [4.78, 5) is 14.5. The maximum atomic E-state index is 12.0. The Morgan fingerprint density at radius 2 is 2.38 bits per heavy atom. The molecule has 2 rings (SSSR count). The lowest BCUT2D eigenvalue weighted by molar-refractivity contribution is 0.0714. The molecule has 0 saturated carbocycles. The third-order valence-corrected chi connectivity index (χ3v) is 3.89. The van der Waals surface area contributed by atoms with Crippen molar-refractivity contribution in [2.75, 3.05) is 13.1 Å². The molecular weight excluding hydrogens is 267 g/mol. The molecule has 6 heteroatoms. The molecule has 3 nitrogen and oxygen atoms in total. The van der Waals surface area contributed by atoms with Crippen LogP contribution in [0.3, 0.4) is 0 Å². The van der Waals surface area contributed by atoms with Crippen LogP contribution in [0.1, 0.15) is 22.5 Å².